The summed E-state index contributed by atoms with van der Waals surface area (Å²) in [5, 5.41) is 2.05. The molecule has 3 aromatic rings. The highest BCUT2D eigenvalue weighted by atomic mass is 32.1. The van der Waals surface area contributed by atoms with Gasteiger partial charge in [-0.25, -0.2) is 4.98 Å². The van der Waals surface area contributed by atoms with E-state index in [1.807, 2.05) is 32.0 Å². The summed E-state index contributed by atoms with van der Waals surface area (Å²) in [4.78, 5) is 30.6. The maximum Gasteiger partial charge on any atom is 0.417 e. The molecule has 0 fully saturated rings. The van der Waals surface area contributed by atoms with Gasteiger partial charge in [0.1, 0.15) is 0 Å². The summed E-state index contributed by atoms with van der Waals surface area (Å²) in [6.45, 7) is 5.22. The van der Waals surface area contributed by atoms with E-state index in [1.165, 1.54) is 41.4 Å². The van der Waals surface area contributed by atoms with Crippen LogP contribution in [0.2, 0.25) is 0 Å². The SMILES string of the molecule is CC(=O)N(c1nc(C=CC(=O)c2ccccc2C(F)(F)F)cs1)c1c(C)cccc1C. The number of alkyl halides is 3. The Hall–Kier alpha value is -3.26. The fourth-order valence-electron chi connectivity index (χ4n) is 3.20. The van der Waals surface area contributed by atoms with E-state index < -0.39 is 23.1 Å². The molecule has 0 aliphatic carbocycles. The second-order valence-corrected chi connectivity index (χ2v) is 7.73. The summed E-state index contributed by atoms with van der Waals surface area (Å²) in [5.74, 6) is -1.00. The number of rotatable bonds is 5. The number of thiazole rings is 1. The van der Waals surface area contributed by atoms with Gasteiger partial charge in [-0.2, -0.15) is 13.2 Å². The average Bonchev–Trinajstić information content (AvgIpc) is 3.16. The molecule has 8 heteroatoms. The zero-order chi connectivity index (χ0) is 22.8. The number of amides is 1. The van der Waals surface area contributed by atoms with E-state index in [0.29, 0.717) is 10.8 Å². The van der Waals surface area contributed by atoms with Gasteiger partial charge in [0.15, 0.2) is 10.9 Å². The largest absolute Gasteiger partial charge is 0.417 e. The predicted molar refractivity (Wildman–Crippen MR) is 116 cm³/mol. The molecular weight excluding hydrogens is 425 g/mol. The molecule has 3 rings (SSSR count). The first-order valence-corrected chi connectivity index (χ1v) is 10.2. The van der Waals surface area contributed by atoms with E-state index in [-0.39, 0.29) is 5.91 Å². The number of halogens is 3. The minimum atomic E-state index is -4.62. The van der Waals surface area contributed by atoms with Crippen LogP contribution >= 0.6 is 11.3 Å². The van der Waals surface area contributed by atoms with E-state index in [0.717, 1.165) is 35.0 Å². The molecule has 31 heavy (non-hydrogen) atoms. The van der Waals surface area contributed by atoms with Crippen LogP contribution < -0.4 is 4.90 Å². The van der Waals surface area contributed by atoms with Gasteiger partial charge in [0.05, 0.1) is 16.9 Å². The molecule has 0 saturated carbocycles. The van der Waals surface area contributed by atoms with Crippen LogP contribution in [0.5, 0.6) is 0 Å². The van der Waals surface area contributed by atoms with E-state index in [1.54, 1.807) is 5.38 Å². The number of aromatic nitrogens is 1. The van der Waals surface area contributed by atoms with Gasteiger partial charge in [-0.15, -0.1) is 11.3 Å². The van der Waals surface area contributed by atoms with Crippen molar-refractivity contribution in [1.29, 1.82) is 0 Å². The Morgan fingerprint density at radius 3 is 2.29 bits per heavy atom. The van der Waals surface area contributed by atoms with Crippen molar-refractivity contribution in [1.82, 2.24) is 4.98 Å². The topological polar surface area (TPSA) is 50.3 Å². The highest BCUT2D eigenvalue weighted by molar-refractivity contribution is 7.14. The summed E-state index contributed by atoms with van der Waals surface area (Å²) in [5.41, 5.74) is 1.50. The van der Waals surface area contributed by atoms with Crippen LogP contribution in [0, 0.1) is 13.8 Å². The molecule has 2 aromatic carbocycles. The summed E-state index contributed by atoms with van der Waals surface area (Å²) in [6.07, 6.45) is -2.22. The van der Waals surface area contributed by atoms with Crippen LogP contribution in [-0.4, -0.2) is 16.7 Å². The van der Waals surface area contributed by atoms with Gasteiger partial charge >= 0.3 is 6.18 Å². The first-order valence-electron chi connectivity index (χ1n) is 9.30. The van der Waals surface area contributed by atoms with Crippen LogP contribution in [-0.2, 0) is 11.0 Å². The van der Waals surface area contributed by atoms with Gasteiger partial charge in [0, 0.05) is 17.9 Å². The van der Waals surface area contributed by atoms with Crippen LogP contribution in [0.1, 0.15) is 39.7 Å². The number of nitrogens with zero attached hydrogens (tertiary/aromatic N) is 2. The molecule has 0 aliphatic rings. The number of benzene rings is 2. The lowest BCUT2D eigenvalue weighted by Gasteiger charge is -2.22. The number of para-hydroxylation sites is 1. The fraction of sp³-hybridized carbons (Fsp3) is 0.174. The van der Waals surface area contributed by atoms with Crippen molar-refractivity contribution >= 4 is 39.9 Å². The Kier molecular flexibility index (Phi) is 6.40. The van der Waals surface area contributed by atoms with Crippen molar-refractivity contribution in [3.63, 3.8) is 0 Å². The predicted octanol–water partition coefficient (Wildman–Crippen LogP) is 6.36. The third-order valence-corrected chi connectivity index (χ3v) is 5.43. The monoisotopic (exact) mass is 444 g/mol. The van der Waals surface area contributed by atoms with E-state index in [2.05, 4.69) is 4.98 Å². The molecule has 1 heterocycles. The molecule has 0 radical (unpaired) electrons. The van der Waals surface area contributed by atoms with Crippen molar-refractivity contribution in [2.45, 2.75) is 26.9 Å². The van der Waals surface area contributed by atoms with Crippen LogP contribution in [0.15, 0.2) is 53.9 Å². The second kappa shape index (κ2) is 8.85. The maximum absolute atomic E-state index is 13.1. The van der Waals surface area contributed by atoms with Crippen molar-refractivity contribution in [2.24, 2.45) is 0 Å². The molecule has 160 valence electrons. The number of carbonyl (C=O) groups is 2. The smallest absolute Gasteiger partial charge is 0.289 e. The standard InChI is InChI=1S/C23H19F3N2O2S/c1-14-7-6-8-15(2)21(14)28(16(3)29)22-27-17(13-31-22)11-12-20(30)18-9-4-5-10-19(18)23(24,25)26/h4-13H,1-3H3. The molecule has 0 N–H and O–H groups in total. The van der Waals surface area contributed by atoms with Crippen molar-refractivity contribution in [3.05, 3.63) is 81.9 Å². The highest BCUT2D eigenvalue weighted by Crippen LogP contribution is 2.34. The lowest BCUT2D eigenvalue weighted by molar-refractivity contribution is -0.137. The molecule has 0 unspecified atom stereocenters. The summed E-state index contributed by atoms with van der Waals surface area (Å²) < 4.78 is 39.4. The number of hydrogen-bond donors (Lipinski definition) is 0. The molecule has 4 nitrogen and oxygen atoms in total. The Balaban J connectivity index is 1.90. The molecule has 0 aliphatic heterocycles. The zero-order valence-electron chi connectivity index (χ0n) is 17.0. The minimum absolute atomic E-state index is 0.225. The summed E-state index contributed by atoms with van der Waals surface area (Å²) in [7, 11) is 0. The highest BCUT2D eigenvalue weighted by Gasteiger charge is 2.34. The van der Waals surface area contributed by atoms with E-state index in [9.17, 15) is 22.8 Å². The first kappa shape index (κ1) is 22.4. The second-order valence-electron chi connectivity index (χ2n) is 6.89. The first-order chi connectivity index (χ1) is 14.6. The third-order valence-electron chi connectivity index (χ3n) is 4.58. The van der Waals surface area contributed by atoms with Gasteiger partial charge in [0.25, 0.3) is 0 Å². The molecule has 0 saturated heterocycles. The number of allylic oxidation sites excluding steroid dienone is 1. The Morgan fingerprint density at radius 1 is 1.03 bits per heavy atom. The molecule has 1 amide bonds. The van der Waals surface area contributed by atoms with Crippen molar-refractivity contribution in [3.8, 4) is 0 Å². The van der Waals surface area contributed by atoms with Gasteiger partial charge in [-0.05, 0) is 43.2 Å². The third kappa shape index (κ3) is 4.91. The Morgan fingerprint density at radius 2 is 1.68 bits per heavy atom. The van der Waals surface area contributed by atoms with Gasteiger partial charge in [0.2, 0.25) is 5.91 Å². The van der Waals surface area contributed by atoms with Gasteiger partial charge in [-0.3, -0.25) is 14.5 Å². The van der Waals surface area contributed by atoms with Crippen molar-refractivity contribution < 1.29 is 22.8 Å². The van der Waals surface area contributed by atoms with Crippen LogP contribution in [0.3, 0.4) is 0 Å². The number of carbonyl (C=O) groups excluding carboxylic acids is 2. The maximum atomic E-state index is 13.1. The fourth-order valence-corrected chi connectivity index (χ4v) is 4.04. The number of hydrogen-bond acceptors (Lipinski definition) is 4. The Labute approximate surface area is 181 Å². The normalized spacial score (nSPS) is 11.7. The van der Waals surface area contributed by atoms with E-state index >= 15 is 0 Å². The van der Waals surface area contributed by atoms with Gasteiger partial charge in [-0.1, -0.05) is 36.4 Å². The number of ketones is 1. The quantitative estimate of drug-likeness (QED) is 0.340. The lowest BCUT2D eigenvalue weighted by Crippen LogP contribution is -2.24. The lowest BCUT2D eigenvalue weighted by atomic mass is 10.0. The summed E-state index contributed by atoms with van der Waals surface area (Å²) in [6, 6.07) is 10.3. The summed E-state index contributed by atoms with van der Waals surface area (Å²) >= 11 is 1.20. The zero-order valence-corrected chi connectivity index (χ0v) is 17.8. The molecule has 0 atom stereocenters. The number of anilines is 2. The molecule has 1 aromatic heterocycles. The minimum Gasteiger partial charge on any atom is -0.289 e. The van der Waals surface area contributed by atoms with Gasteiger partial charge < -0.3 is 0 Å². The molecule has 0 spiro atoms. The van der Waals surface area contributed by atoms with E-state index in [4.69, 9.17) is 0 Å². The van der Waals surface area contributed by atoms with Crippen LogP contribution in [0.25, 0.3) is 6.08 Å². The molecular formula is C23H19F3N2O2S. The van der Waals surface area contributed by atoms with Crippen molar-refractivity contribution in [2.75, 3.05) is 4.90 Å². The molecule has 0 bridgehead atoms. The number of aryl methyl sites for hydroxylation is 2. The van der Waals surface area contributed by atoms with Crippen LogP contribution in [0.4, 0.5) is 24.0 Å². The Bertz CT molecular complexity index is 1150. The average molecular weight is 444 g/mol.